The lowest BCUT2D eigenvalue weighted by atomic mass is 10.1. The lowest BCUT2D eigenvalue weighted by Gasteiger charge is -2.20. The Morgan fingerprint density at radius 2 is 0.982 bits per heavy atom. The highest BCUT2D eigenvalue weighted by molar-refractivity contribution is 7.47. The fraction of sp³-hybridized carbons (Fsp3) is 0.523. The summed E-state index contributed by atoms with van der Waals surface area (Å²) in [5.41, 5.74) is 5.31. The number of phosphoric acid groups is 1. The van der Waals surface area contributed by atoms with Gasteiger partial charge in [-0.25, -0.2) is 4.57 Å². The number of phosphoric ester groups is 1. The van der Waals surface area contributed by atoms with Gasteiger partial charge < -0.3 is 25.2 Å². The zero-order chi connectivity index (χ0) is 41.4. The topological polar surface area (TPSA) is 172 Å². The molecule has 0 saturated heterocycles. The number of ether oxygens (including phenoxy) is 2. The quantitative estimate of drug-likeness (QED) is 0.0241. The maximum atomic E-state index is 12.6. The van der Waals surface area contributed by atoms with Gasteiger partial charge in [0.05, 0.1) is 13.2 Å². The first-order valence-electron chi connectivity index (χ1n) is 19.9. The summed E-state index contributed by atoms with van der Waals surface area (Å²) in [6.07, 6.45) is 48.9. The molecule has 0 aliphatic heterocycles. The Hall–Kier alpha value is -3.86. The van der Waals surface area contributed by atoms with Crippen molar-refractivity contribution in [3.05, 3.63) is 109 Å². The van der Waals surface area contributed by atoms with Crippen LogP contribution < -0.4 is 5.73 Å². The summed E-state index contributed by atoms with van der Waals surface area (Å²) in [6.45, 7) is 2.43. The summed E-state index contributed by atoms with van der Waals surface area (Å²) in [5, 5.41) is 8.87. The molecule has 0 rings (SSSR count). The molecule has 0 aromatic carbocycles. The van der Waals surface area contributed by atoms with Gasteiger partial charge in [-0.3, -0.25) is 23.4 Å². The number of carboxylic acids is 1. The molecule has 0 saturated carbocycles. The van der Waals surface area contributed by atoms with Crippen molar-refractivity contribution in [1.82, 2.24) is 0 Å². The average molecular weight is 802 g/mol. The minimum atomic E-state index is -4.75. The summed E-state index contributed by atoms with van der Waals surface area (Å²) in [7, 11) is -4.75. The van der Waals surface area contributed by atoms with E-state index in [1.165, 1.54) is 0 Å². The molecule has 0 aliphatic carbocycles. The molecule has 56 heavy (non-hydrogen) atoms. The van der Waals surface area contributed by atoms with E-state index in [-0.39, 0.29) is 12.8 Å². The number of allylic oxidation sites excluding steroid dienone is 18. The third kappa shape index (κ3) is 37.1. The highest BCUT2D eigenvalue weighted by Crippen LogP contribution is 2.43. The molecule has 314 valence electrons. The predicted octanol–water partition coefficient (Wildman–Crippen LogP) is 10.3. The second kappa shape index (κ2) is 38.0. The Kier molecular flexibility index (Phi) is 35.4. The first kappa shape index (κ1) is 52.1. The van der Waals surface area contributed by atoms with Gasteiger partial charge in [0.1, 0.15) is 12.6 Å². The van der Waals surface area contributed by atoms with Gasteiger partial charge in [0.25, 0.3) is 0 Å². The number of hydrogen-bond donors (Lipinski definition) is 3. The number of hydrogen-bond acceptors (Lipinski definition) is 9. The van der Waals surface area contributed by atoms with Gasteiger partial charge in [-0.1, -0.05) is 130 Å². The van der Waals surface area contributed by atoms with E-state index in [1.807, 2.05) is 18.2 Å². The number of carbonyl (C=O) groups excluding carboxylic acids is 2. The molecule has 0 heterocycles. The van der Waals surface area contributed by atoms with Gasteiger partial charge in [0.2, 0.25) is 0 Å². The normalized spacial score (nSPS) is 14.9. The van der Waals surface area contributed by atoms with Crippen molar-refractivity contribution in [2.45, 2.75) is 129 Å². The van der Waals surface area contributed by atoms with E-state index in [1.54, 1.807) is 0 Å². The van der Waals surface area contributed by atoms with Crippen LogP contribution in [0.15, 0.2) is 109 Å². The number of esters is 2. The van der Waals surface area contributed by atoms with Crippen LogP contribution in [0.25, 0.3) is 0 Å². The fourth-order valence-electron chi connectivity index (χ4n) is 4.46. The van der Waals surface area contributed by atoms with Crippen molar-refractivity contribution >= 4 is 25.7 Å². The number of nitrogens with two attached hydrogens (primary N) is 1. The van der Waals surface area contributed by atoms with E-state index in [0.717, 1.165) is 70.6 Å². The lowest BCUT2D eigenvalue weighted by Crippen LogP contribution is -2.34. The van der Waals surface area contributed by atoms with Gasteiger partial charge >= 0.3 is 25.7 Å². The van der Waals surface area contributed by atoms with Gasteiger partial charge in [-0.15, -0.1) is 0 Å². The standard InChI is InChI=1S/C44H68NO10P/c1-3-5-7-9-11-13-15-17-18-19-20-21-22-24-26-28-30-32-34-36-43(47)55-40(38-53-56(50,51)54-39-41(45)44(48)49)37-52-42(46)35-33-31-29-27-25-23-16-14-12-10-8-6-4-2/h5-8,11-14,17-18,20-21,23-26,30,32,40-41H,3-4,9-10,15-16,19,22,27-29,31,33-39,45H2,1-2H3,(H,48,49)(H,50,51)/b7-5-,8-6-,13-11-,14-12-,18-17-,21-20-,25-23-,26-24-,32-30-. The van der Waals surface area contributed by atoms with Crippen LogP contribution in [-0.2, 0) is 37.5 Å². The molecule has 0 aromatic heterocycles. The minimum absolute atomic E-state index is 0.0222. The van der Waals surface area contributed by atoms with E-state index in [0.29, 0.717) is 19.3 Å². The number of carbonyl (C=O) groups is 3. The fourth-order valence-corrected chi connectivity index (χ4v) is 5.23. The summed E-state index contributed by atoms with van der Waals surface area (Å²) in [5.74, 6) is -2.55. The Morgan fingerprint density at radius 1 is 0.554 bits per heavy atom. The Labute approximate surface area is 336 Å². The molecular formula is C44H68NO10P. The van der Waals surface area contributed by atoms with Gasteiger partial charge in [0, 0.05) is 12.8 Å². The van der Waals surface area contributed by atoms with Crippen molar-refractivity contribution in [1.29, 1.82) is 0 Å². The van der Waals surface area contributed by atoms with Crippen LogP contribution in [0.3, 0.4) is 0 Å². The molecule has 11 nitrogen and oxygen atoms in total. The first-order chi connectivity index (χ1) is 27.1. The Bertz CT molecular complexity index is 1360. The highest BCUT2D eigenvalue weighted by Gasteiger charge is 2.28. The molecule has 3 atom stereocenters. The third-order valence-corrected chi connectivity index (χ3v) is 8.48. The minimum Gasteiger partial charge on any atom is -0.480 e. The molecular weight excluding hydrogens is 733 g/mol. The summed E-state index contributed by atoms with van der Waals surface area (Å²) in [6, 6.07) is -1.54. The molecule has 0 aromatic rings. The smallest absolute Gasteiger partial charge is 0.472 e. The molecule has 12 heteroatoms. The largest absolute Gasteiger partial charge is 0.480 e. The van der Waals surface area contributed by atoms with Gasteiger partial charge in [-0.2, -0.15) is 0 Å². The zero-order valence-electron chi connectivity index (χ0n) is 33.7. The maximum absolute atomic E-state index is 12.6. The number of aliphatic carboxylic acids is 1. The molecule has 0 bridgehead atoms. The Balaban J connectivity index is 4.62. The Morgan fingerprint density at radius 3 is 1.45 bits per heavy atom. The van der Waals surface area contributed by atoms with Crippen molar-refractivity contribution in [3.63, 3.8) is 0 Å². The summed E-state index contributed by atoms with van der Waals surface area (Å²) < 4.78 is 32.5. The molecule has 0 fully saturated rings. The molecule has 4 N–H and O–H groups in total. The summed E-state index contributed by atoms with van der Waals surface area (Å²) in [4.78, 5) is 45.8. The maximum Gasteiger partial charge on any atom is 0.472 e. The van der Waals surface area contributed by atoms with E-state index >= 15 is 0 Å². The molecule has 0 amide bonds. The van der Waals surface area contributed by atoms with Crippen molar-refractivity contribution in [3.8, 4) is 0 Å². The second-order valence-corrected chi connectivity index (χ2v) is 14.1. The molecule has 0 radical (unpaired) electrons. The molecule has 0 aliphatic rings. The van der Waals surface area contributed by atoms with Crippen LogP contribution in [0.1, 0.15) is 117 Å². The van der Waals surface area contributed by atoms with Crippen LogP contribution >= 0.6 is 7.82 Å². The van der Waals surface area contributed by atoms with Crippen LogP contribution in [0.4, 0.5) is 0 Å². The number of unbranched alkanes of at least 4 members (excludes halogenated alkanes) is 3. The van der Waals surface area contributed by atoms with Crippen molar-refractivity contribution in [2.75, 3.05) is 19.8 Å². The zero-order valence-corrected chi connectivity index (χ0v) is 34.6. The van der Waals surface area contributed by atoms with Crippen LogP contribution in [0.5, 0.6) is 0 Å². The van der Waals surface area contributed by atoms with E-state index < -0.39 is 57.7 Å². The van der Waals surface area contributed by atoms with E-state index in [9.17, 15) is 23.8 Å². The lowest BCUT2D eigenvalue weighted by molar-refractivity contribution is -0.161. The molecule has 0 spiro atoms. The summed E-state index contributed by atoms with van der Waals surface area (Å²) >= 11 is 0. The third-order valence-electron chi connectivity index (χ3n) is 7.53. The van der Waals surface area contributed by atoms with Crippen LogP contribution in [0.2, 0.25) is 0 Å². The van der Waals surface area contributed by atoms with E-state index in [2.05, 4.69) is 110 Å². The van der Waals surface area contributed by atoms with Crippen LogP contribution in [-0.4, -0.2) is 59.9 Å². The molecule has 3 unspecified atom stereocenters. The SMILES string of the molecule is CC/C=C\C/C=C\C/C=C\C/C=C\C/C=C\C/C=C\CCC(=O)OC(COC(=O)CCCCC/C=C\C/C=C\C/C=C\CC)COP(=O)(O)OCC(N)C(=O)O. The van der Waals surface area contributed by atoms with Gasteiger partial charge in [-0.05, 0) is 83.5 Å². The number of rotatable bonds is 35. The average Bonchev–Trinajstić information content (AvgIpc) is 3.17. The predicted molar refractivity (Wildman–Crippen MR) is 226 cm³/mol. The van der Waals surface area contributed by atoms with E-state index in [4.69, 9.17) is 24.8 Å². The second-order valence-electron chi connectivity index (χ2n) is 12.6. The van der Waals surface area contributed by atoms with Crippen LogP contribution in [0, 0.1) is 0 Å². The number of carboxylic acid groups (broad SMARTS) is 1. The van der Waals surface area contributed by atoms with Crippen molar-refractivity contribution < 1.29 is 47.5 Å². The highest BCUT2D eigenvalue weighted by atomic mass is 31.2. The van der Waals surface area contributed by atoms with Gasteiger partial charge in [0.15, 0.2) is 6.10 Å². The first-order valence-corrected chi connectivity index (χ1v) is 21.4. The van der Waals surface area contributed by atoms with Crippen molar-refractivity contribution in [2.24, 2.45) is 5.73 Å². The monoisotopic (exact) mass is 801 g/mol.